The van der Waals surface area contributed by atoms with Crippen LogP contribution < -0.4 is 5.73 Å². The number of alkyl halides is 1. The number of allylic oxidation sites excluding steroid dienone is 2. The molecule has 2 aliphatic rings. The summed E-state index contributed by atoms with van der Waals surface area (Å²) in [6.45, 7) is 0. The Hall–Kier alpha value is -1.45. The van der Waals surface area contributed by atoms with E-state index in [4.69, 9.17) is 5.73 Å². The Morgan fingerprint density at radius 1 is 1.28 bits per heavy atom. The average Bonchev–Trinajstić information content (AvgIpc) is 3.12. The van der Waals surface area contributed by atoms with Gasteiger partial charge in [-0.1, -0.05) is 36.4 Å². The lowest BCUT2D eigenvalue weighted by atomic mass is 9.85. The third-order valence-electron chi connectivity index (χ3n) is 3.82. The second-order valence-electron chi connectivity index (χ2n) is 5.10. The number of aliphatic hydroxyl groups excluding tert-OH is 1. The molecule has 1 fully saturated rings. The molecule has 18 heavy (non-hydrogen) atoms. The summed E-state index contributed by atoms with van der Waals surface area (Å²) in [7, 11) is 0. The van der Waals surface area contributed by atoms with Gasteiger partial charge in [-0.3, -0.25) is 0 Å². The summed E-state index contributed by atoms with van der Waals surface area (Å²) >= 11 is 0. The van der Waals surface area contributed by atoms with Crippen LogP contribution in [0.1, 0.15) is 12.0 Å². The summed E-state index contributed by atoms with van der Waals surface area (Å²) in [6.07, 6.45) is 4.33. The van der Waals surface area contributed by atoms with Gasteiger partial charge in [0.05, 0.1) is 0 Å². The fraction of sp³-hybridized carbons (Fsp3) is 0.333. The van der Waals surface area contributed by atoms with E-state index >= 15 is 0 Å². The van der Waals surface area contributed by atoms with E-state index in [0.29, 0.717) is 6.42 Å². The zero-order valence-corrected chi connectivity index (χ0v) is 9.96. The van der Waals surface area contributed by atoms with Gasteiger partial charge in [-0.05, 0) is 29.7 Å². The first kappa shape index (κ1) is 11.6. The molecule has 2 aliphatic carbocycles. The number of aliphatic hydroxyl groups is 1. The monoisotopic (exact) mass is 245 g/mol. The molecule has 0 aliphatic heterocycles. The van der Waals surface area contributed by atoms with Gasteiger partial charge in [0.15, 0.2) is 5.67 Å². The zero-order chi connectivity index (χ0) is 12.8. The Kier molecular flexibility index (Phi) is 2.61. The number of hydrogen-bond acceptors (Lipinski definition) is 2. The third kappa shape index (κ3) is 1.80. The maximum absolute atomic E-state index is 14.6. The second-order valence-corrected chi connectivity index (χ2v) is 5.10. The highest BCUT2D eigenvalue weighted by atomic mass is 19.1. The van der Waals surface area contributed by atoms with Crippen molar-refractivity contribution in [3.63, 3.8) is 0 Å². The molecule has 3 heteroatoms. The minimum atomic E-state index is -1.70. The first-order valence-corrected chi connectivity index (χ1v) is 6.20. The number of nitrogens with two attached hydrogens (primary N) is 1. The van der Waals surface area contributed by atoms with Gasteiger partial charge in [-0.2, -0.15) is 0 Å². The molecule has 0 heterocycles. The van der Waals surface area contributed by atoms with Crippen molar-refractivity contribution in [1.29, 1.82) is 0 Å². The molecule has 0 radical (unpaired) electrons. The van der Waals surface area contributed by atoms with Crippen molar-refractivity contribution < 1.29 is 9.50 Å². The molecule has 0 amide bonds. The Balaban J connectivity index is 1.87. The van der Waals surface area contributed by atoms with Crippen molar-refractivity contribution in [2.45, 2.75) is 24.2 Å². The molecule has 1 aromatic rings. The van der Waals surface area contributed by atoms with Crippen LogP contribution in [0, 0.1) is 5.92 Å². The minimum Gasteiger partial charge on any atom is -0.385 e. The largest absolute Gasteiger partial charge is 0.385 e. The summed E-state index contributed by atoms with van der Waals surface area (Å²) in [5, 5.41) is 10.0. The van der Waals surface area contributed by atoms with Gasteiger partial charge >= 0.3 is 0 Å². The van der Waals surface area contributed by atoms with Gasteiger partial charge in [0.25, 0.3) is 0 Å². The minimum absolute atomic E-state index is 0.124. The van der Waals surface area contributed by atoms with E-state index in [-0.39, 0.29) is 12.0 Å². The molecule has 3 rings (SSSR count). The lowest BCUT2D eigenvalue weighted by Gasteiger charge is -2.29. The first-order chi connectivity index (χ1) is 8.61. The quantitative estimate of drug-likeness (QED) is 0.837. The van der Waals surface area contributed by atoms with Crippen LogP contribution in [0.4, 0.5) is 4.39 Å². The molecule has 1 saturated carbocycles. The number of halogens is 1. The smallest absolute Gasteiger partial charge is 0.163 e. The molecular formula is C15H16FNO. The Morgan fingerprint density at radius 2 is 1.94 bits per heavy atom. The van der Waals surface area contributed by atoms with Gasteiger partial charge in [0, 0.05) is 12.0 Å². The lowest BCUT2D eigenvalue weighted by molar-refractivity contribution is 0.0393. The summed E-state index contributed by atoms with van der Waals surface area (Å²) in [5.41, 5.74) is 5.82. The third-order valence-corrected chi connectivity index (χ3v) is 3.82. The molecule has 4 atom stereocenters. The Bertz CT molecular complexity index is 510. The molecular weight excluding hydrogens is 229 g/mol. The molecule has 2 nitrogen and oxygen atoms in total. The Morgan fingerprint density at radius 3 is 2.50 bits per heavy atom. The molecule has 0 aromatic heterocycles. The van der Waals surface area contributed by atoms with E-state index < -0.39 is 11.8 Å². The first-order valence-electron chi connectivity index (χ1n) is 6.20. The Labute approximate surface area is 106 Å². The predicted octanol–water partition coefficient (Wildman–Crippen LogP) is 2.06. The summed E-state index contributed by atoms with van der Waals surface area (Å²) in [5.74, 6) is -0.252. The topological polar surface area (TPSA) is 46.2 Å². The normalized spacial score (nSPS) is 38.4. The fourth-order valence-corrected chi connectivity index (χ4v) is 2.56. The molecule has 94 valence electrons. The molecule has 1 aromatic carbocycles. The maximum atomic E-state index is 14.6. The van der Waals surface area contributed by atoms with Gasteiger partial charge in [0.1, 0.15) is 6.10 Å². The standard InChI is InChI=1S/C15H16FNO/c16-15(12-9-13(12)17)7-6-11(8-14(15)18)10-4-2-1-3-5-10/h1-8,12-14,18H,9,17H2/t12-,13-,14?,15?/m1/s1. The van der Waals surface area contributed by atoms with Crippen LogP contribution in [0.15, 0.2) is 48.6 Å². The zero-order valence-electron chi connectivity index (χ0n) is 9.96. The van der Waals surface area contributed by atoms with Crippen molar-refractivity contribution in [2.75, 3.05) is 0 Å². The second kappa shape index (κ2) is 4.04. The van der Waals surface area contributed by atoms with Crippen LogP contribution in [-0.4, -0.2) is 22.9 Å². The van der Waals surface area contributed by atoms with E-state index in [0.717, 1.165) is 11.1 Å². The van der Waals surface area contributed by atoms with Crippen molar-refractivity contribution in [2.24, 2.45) is 11.7 Å². The maximum Gasteiger partial charge on any atom is 0.163 e. The lowest BCUT2D eigenvalue weighted by Crippen LogP contribution is -2.40. The average molecular weight is 245 g/mol. The highest BCUT2D eigenvalue weighted by Crippen LogP contribution is 2.46. The van der Waals surface area contributed by atoms with Crippen LogP contribution in [-0.2, 0) is 0 Å². The van der Waals surface area contributed by atoms with Crippen molar-refractivity contribution in [3.8, 4) is 0 Å². The van der Waals surface area contributed by atoms with Crippen LogP contribution in [0.2, 0.25) is 0 Å². The molecule has 0 bridgehead atoms. The summed E-state index contributed by atoms with van der Waals surface area (Å²) in [4.78, 5) is 0. The van der Waals surface area contributed by atoms with Gasteiger partial charge in [0.2, 0.25) is 0 Å². The summed E-state index contributed by atoms with van der Waals surface area (Å²) in [6, 6.07) is 9.53. The van der Waals surface area contributed by atoms with E-state index in [1.807, 2.05) is 30.3 Å². The number of benzene rings is 1. The van der Waals surface area contributed by atoms with Crippen LogP contribution in [0.3, 0.4) is 0 Å². The highest BCUT2D eigenvalue weighted by Gasteiger charge is 2.54. The van der Waals surface area contributed by atoms with Crippen molar-refractivity contribution >= 4 is 5.57 Å². The molecule has 0 spiro atoms. The highest BCUT2D eigenvalue weighted by molar-refractivity contribution is 5.76. The molecule has 0 saturated heterocycles. The number of rotatable bonds is 2. The van der Waals surface area contributed by atoms with Gasteiger partial charge in [-0.25, -0.2) is 4.39 Å². The summed E-state index contributed by atoms with van der Waals surface area (Å²) < 4.78 is 14.6. The van der Waals surface area contributed by atoms with E-state index in [1.165, 1.54) is 6.08 Å². The van der Waals surface area contributed by atoms with Crippen molar-refractivity contribution in [1.82, 2.24) is 0 Å². The molecule has 3 N–H and O–H groups in total. The SMILES string of the molecule is N[C@@H]1C[C@H]1C1(F)C=CC(c2ccccc2)=CC1O. The van der Waals surface area contributed by atoms with Crippen LogP contribution in [0.5, 0.6) is 0 Å². The van der Waals surface area contributed by atoms with Crippen LogP contribution >= 0.6 is 0 Å². The van der Waals surface area contributed by atoms with E-state index in [9.17, 15) is 9.50 Å². The van der Waals surface area contributed by atoms with E-state index in [1.54, 1.807) is 12.2 Å². The van der Waals surface area contributed by atoms with Crippen LogP contribution in [0.25, 0.3) is 5.57 Å². The van der Waals surface area contributed by atoms with Gasteiger partial charge in [-0.15, -0.1) is 0 Å². The van der Waals surface area contributed by atoms with E-state index in [2.05, 4.69) is 0 Å². The fourth-order valence-electron chi connectivity index (χ4n) is 2.56. The van der Waals surface area contributed by atoms with Crippen molar-refractivity contribution in [3.05, 3.63) is 54.1 Å². The predicted molar refractivity (Wildman–Crippen MR) is 69.5 cm³/mol. The number of hydrogen-bond donors (Lipinski definition) is 2. The van der Waals surface area contributed by atoms with Gasteiger partial charge < -0.3 is 10.8 Å². The molecule has 2 unspecified atom stereocenters.